The number of fused-ring (bicyclic) bond motifs is 1. The normalized spacial score (nSPS) is 21.7. The molecule has 118 valence electrons. The Balaban J connectivity index is 1.67. The Morgan fingerprint density at radius 1 is 1.19 bits per heavy atom. The Morgan fingerprint density at radius 2 is 1.86 bits per heavy atom. The van der Waals surface area contributed by atoms with Gasteiger partial charge in [0.15, 0.2) is 0 Å². The largest absolute Gasteiger partial charge is 0.281 e. The molecule has 5 nitrogen and oxygen atoms in total. The maximum Gasteiger partial charge on any atom is 0.281 e. The van der Waals surface area contributed by atoms with Crippen molar-refractivity contribution in [1.29, 1.82) is 0 Å². The molecule has 0 saturated carbocycles. The second kappa shape index (κ2) is 5.95. The summed E-state index contributed by atoms with van der Waals surface area (Å²) < 4.78 is 27.1. The molecule has 1 saturated heterocycles. The average molecular weight is 329 g/mol. The number of piperidine rings is 1. The second-order valence-corrected chi connectivity index (χ2v) is 9.35. The van der Waals surface area contributed by atoms with Gasteiger partial charge in [0.25, 0.3) is 10.2 Å². The third-order valence-electron chi connectivity index (χ3n) is 4.45. The van der Waals surface area contributed by atoms with Crippen molar-refractivity contribution in [3.8, 4) is 0 Å². The molecule has 0 amide bonds. The van der Waals surface area contributed by atoms with Gasteiger partial charge in [0.1, 0.15) is 0 Å². The zero-order valence-corrected chi connectivity index (χ0v) is 14.3. The molecule has 0 bridgehead atoms. The molecule has 2 aliphatic rings. The molecule has 0 unspecified atom stereocenters. The lowest BCUT2D eigenvalue weighted by molar-refractivity contribution is 0.302. The van der Waals surface area contributed by atoms with E-state index in [1.807, 2.05) is 11.3 Å². The minimum absolute atomic E-state index is 0.439. The van der Waals surface area contributed by atoms with Gasteiger partial charge in [0.05, 0.1) is 10.7 Å². The summed E-state index contributed by atoms with van der Waals surface area (Å²) in [6.45, 7) is 1.21. The molecule has 0 atom stereocenters. The van der Waals surface area contributed by atoms with Crippen LogP contribution in [0.15, 0.2) is 0 Å². The van der Waals surface area contributed by atoms with Crippen LogP contribution in [0.2, 0.25) is 0 Å². The van der Waals surface area contributed by atoms with Crippen molar-refractivity contribution in [3.05, 3.63) is 15.6 Å². The fourth-order valence-corrected chi connectivity index (χ4v) is 5.57. The summed E-state index contributed by atoms with van der Waals surface area (Å²) in [5.41, 5.74) is 1.31. The molecule has 7 heteroatoms. The molecule has 1 fully saturated rings. The molecule has 1 aromatic heterocycles. The maximum atomic E-state index is 12.1. The first-order valence-electron chi connectivity index (χ1n) is 7.64. The van der Waals surface area contributed by atoms with Gasteiger partial charge < -0.3 is 0 Å². The fraction of sp³-hybridized carbons (Fsp3) is 0.786. The number of thiazole rings is 1. The number of aryl methyl sites for hydroxylation is 2. The molecular formula is C14H23N3O2S2. The van der Waals surface area contributed by atoms with Crippen molar-refractivity contribution in [3.63, 3.8) is 0 Å². The Labute approximate surface area is 131 Å². The van der Waals surface area contributed by atoms with Gasteiger partial charge in [-0.1, -0.05) is 0 Å². The summed E-state index contributed by atoms with van der Waals surface area (Å²) in [4.78, 5) is 6.31. The highest BCUT2D eigenvalue weighted by atomic mass is 32.2. The van der Waals surface area contributed by atoms with Crippen LogP contribution < -0.4 is 0 Å². The molecule has 1 aliphatic heterocycles. The zero-order valence-electron chi connectivity index (χ0n) is 12.7. The second-order valence-electron chi connectivity index (χ2n) is 6.09. The van der Waals surface area contributed by atoms with E-state index >= 15 is 0 Å². The third-order valence-corrected chi connectivity index (χ3v) is 7.71. The summed E-state index contributed by atoms with van der Waals surface area (Å²) in [5.74, 6) is 0.439. The van der Waals surface area contributed by atoms with Gasteiger partial charge in [-0.3, -0.25) is 0 Å². The molecular weight excluding hydrogens is 306 g/mol. The topological polar surface area (TPSA) is 53.5 Å². The summed E-state index contributed by atoms with van der Waals surface area (Å²) in [5, 5.41) is 1.24. The predicted molar refractivity (Wildman–Crippen MR) is 84.9 cm³/mol. The highest BCUT2D eigenvalue weighted by molar-refractivity contribution is 7.86. The maximum absolute atomic E-state index is 12.1. The highest BCUT2D eigenvalue weighted by Crippen LogP contribution is 2.35. The Morgan fingerprint density at radius 3 is 2.48 bits per heavy atom. The van der Waals surface area contributed by atoms with Crippen molar-refractivity contribution in [1.82, 2.24) is 13.6 Å². The van der Waals surface area contributed by atoms with Gasteiger partial charge in [0.2, 0.25) is 0 Å². The lowest BCUT2D eigenvalue weighted by Gasteiger charge is -2.31. The zero-order chi connectivity index (χ0) is 15.0. The first-order valence-corrected chi connectivity index (χ1v) is 9.86. The minimum atomic E-state index is -3.26. The van der Waals surface area contributed by atoms with Gasteiger partial charge >= 0.3 is 0 Å². The molecule has 3 rings (SSSR count). The lowest BCUT2D eigenvalue weighted by Crippen LogP contribution is -2.44. The van der Waals surface area contributed by atoms with Crippen LogP contribution in [0.1, 0.15) is 47.2 Å². The standard InChI is InChI=1S/C14H23N3O2S2/c1-16(2)21(18,19)17-9-7-11(8-10-17)14-15-12-5-3-4-6-13(12)20-14/h11H,3-10H2,1-2H3. The summed E-state index contributed by atoms with van der Waals surface area (Å²) in [6, 6.07) is 0. The van der Waals surface area contributed by atoms with E-state index in [0.717, 1.165) is 19.3 Å². The Hall–Kier alpha value is -0.500. The van der Waals surface area contributed by atoms with Crippen LogP contribution >= 0.6 is 11.3 Å². The van der Waals surface area contributed by atoms with Gasteiger partial charge in [-0.25, -0.2) is 4.98 Å². The lowest BCUT2D eigenvalue weighted by atomic mass is 9.99. The van der Waals surface area contributed by atoms with Crippen molar-refractivity contribution < 1.29 is 8.42 Å². The number of hydrogen-bond donors (Lipinski definition) is 0. The van der Waals surface area contributed by atoms with Crippen LogP contribution in [0.5, 0.6) is 0 Å². The SMILES string of the molecule is CN(C)S(=O)(=O)N1CCC(c2nc3c(s2)CCCC3)CC1. The number of hydrogen-bond acceptors (Lipinski definition) is 4. The Kier molecular flexibility index (Phi) is 4.36. The van der Waals surface area contributed by atoms with Crippen LogP contribution in [0.3, 0.4) is 0 Å². The molecule has 1 aromatic rings. The molecule has 0 spiro atoms. The van der Waals surface area contributed by atoms with Crippen LogP contribution in [0.4, 0.5) is 0 Å². The molecule has 21 heavy (non-hydrogen) atoms. The van der Waals surface area contributed by atoms with E-state index in [9.17, 15) is 8.42 Å². The first-order chi connectivity index (χ1) is 9.98. The number of aromatic nitrogens is 1. The molecule has 0 aromatic carbocycles. The number of nitrogens with zero attached hydrogens (tertiary/aromatic N) is 3. The average Bonchev–Trinajstić information content (AvgIpc) is 2.91. The van der Waals surface area contributed by atoms with Gasteiger partial charge in [-0.2, -0.15) is 17.0 Å². The Bertz CT molecular complexity index is 578. The van der Waals surface area contributed by atoms with Crippen LogP contribution in [0, 0.1) is 0 Å². The van der Waals surface area contributed by atoms with E-state index in [1.54, 1.807) is 18.4 Å². The van der Waals surface area contributed by atoms with E-state index in [-0.39, 0.29) is 0 Å². The van der Waals surface area contributed by atoms with Crippen LogP contribution in [0.25, 0.3) is 0 Å². The van der Waals surface area contributed by atoms with E-state index in [4.69, 9.17) is 4.98 Å². The predicted octanol–water partition coefficient (Wildman–Crippen LogP) is 2.01. The molecule has 1 aliphatic carbocycles. The van der Waals surface area contributed by atoms with E-state index in [2.05, 4.69) is 0 Å². The molecule has 0 N–H and O–H groups in total. The molecule has 0 radical (unpaired) electrons. The van der Waals surface area contributed by atoms with Gasteiger partial charge in [-0.15, -0.1) is 11.3 Å². The smallest absolute Gasteiger partial charge is 0.246 e. The van der Waals surface area contributed by atoms with Crippen molar-refractivity contribution in [2.45, 2.75) is 44.4 Å². The monoisotopic (exact) mass is 329 g/mol. The highest BCUT2D eigenvalue weighted by Gasteiger charge is 2.31. The first kappa shape index (κ1) is 15.4. The van der Waals surface area contributed by atoms with E-state index in [0.29, 0.717) is 19.0 Å². The fourth-order valence-electron chi connectivity index (χ4n) is 3.11. The van der Waals surface area contributed by atoms with Gasteiger partial charge in [-0.05, 0) is 38.5 Å². The summed E-state index contributed by atoms with van der Waals surface area (Å²) in [7, 11) is -0.0711. The summed E-state index contributed by atoms with van der Waals surface area (Å²) in [6.07, 6.45) is 6.63. The third kappa shape index (κ3) is 3.02. The minimum Gasteiger partial charge on any atom is -0.246 e. The van der Waals surface area contributed by atoms with Crippen molar-refractivity contribution >= 4 is 21.5 Å². The van der Waals surface area contributed by atoms with Crippen LogP contribution in [-0.2, 0) is 23.1 Å². The molecule has 2 heterocycles. The van der Waals surface area contributed by atoms with Crippen molar-refractivity contribution in [2.24, 2.45) is 0 Å². The summed E-state index contributed by atoms with van der Waals surface area (Å²) >= 11 is 1.87. The van der Waals surface area contributed by atoms with Crippen molar-refractivity contribution in [2.75, 3.05) is 27.2 Å². The quantitative estimate of drug-likeness (QED) is 0.852. The van der Waals surface area contributed by atoms with E-state index in [1.165, 1.54) is 39.1 Å². The van der Waals surface area contributed by atoms with E-state index < -0.39 is 10.2 Å². The van der Waals surface area contributed by atoms with Crippen LogP contribution in [-0.4, -0.2) is 49.2 Å². The van der Waals surface area contributed by atoms with Gasteiger partial charge in [0, 0.05) is 38.0 Å². The number of rotatable bonds is 3.